The summed E-state index contributed by atoms with van der Waals surface area (Å²) in [6.45, 7) is 4.84. The summed E-state index contributed by atoms with van der Waals surface area (Å²) in [5, 5.41) is 13.5. The minimum atomic E-state index is -0.856. The lowest BCUT2D eigenvalue weighted by atomic mass is 10.0. The Balaban J connectivity index is 1.42. The molecular weight excluding hydrogens is 463 g/mol. The molecule has 1 aromatic carbocycles. The number of aliphatic hydroxyl groups excluding tert-OH is 1. The molecule has 8 nitrogen and oxygen atoms in total. The molecule has 2 aromatic heterocycles. The number of aromatic amines is 1. The number of benzene rings is 1. The number of hydrogen-bond donors (Lipinski definition) is 3. The summed E-state index contributed by atoms with van der Waals surface area (Å²) in [5.41, 5.74) is 3.37. The normalized spacial score (nSPS) is 19.9. The molecule has 36 heavy (non-hydrogen) atoms. The number of ether oxygens (including phenoxy) is 1. The van der Waals surface area contributed by atoms with Gasteiger partial charge in [0, 0.05) is 42.5 Å². The van der Waals surface area contributed by atoms with E-state index in [1.54, 1.807) is 37.1 Å². The van der Waals surface area contributed by atoms with Gasteiger partial charge in [-0.2, -0.15) is 0 Å². The Hall–Kier alpha value is -3.46. The van der Waals surface area contributed by atoms with Crippen LogP contribution in [0.2, 0.25) is 0 Å². The molecule has 1 saturated heterocycles. The van der Waals surface area contributed by atoms with Crippen molar-refractivity contribution in [2.24, 2.45) is 5.92 Å². The number of aromatic nitrogens is 2. The molecule has 1 aliphatic heterocycles. The largest absolute Gasteiger partial charge is 0.493 e. The van der Waals surface area contributed by atoms with E-state index in [4.69, 9.17) is 4.74 Å². The Morgan fingerprint density at radius 1 is 1.25 bits per heavy atom. The fourth-order valence-corrected chi connectivity index (χ4v) is 4.83. The van der Waals surface area contributed by atoms with Gasteiger partial charge in [-0.05, 0) is 56.4 Å². The van der Waals surface area contributed by atoms with Crippen molar-refractivity contribution in [1.82, 2.24) is 20.2 Å². The maximum absolute atomic E-state index is 14.3. The number of halogens is 1. The van der Waals surface area contributed by atoms with Crippen LogP contribution in [-0.2, 0) is 4.79 Å². The first-order valence-electron chi connectivity index (χ1n) is 12.5. The molecule has 190 valence electrons. The quantitative estimate of drug-likeness (QED) is 0.466. The van der Waals surface area contributed by atoms with Crippen molar-refractivity contribution in [1.29, 1.82) is 0 Å². The van der Waals surface area contributed by atoms with Crippen LogP contribution in [0.4, 0.5) is 4.39 Å². The highest BCUT2D eigenvalue weighted by molar-refractivity contribution is 6.09. The van der Waals surface area contributed by atoms with Gasteiger partial charge >= 0.3 is 0 Å². The molecule has 1 saturated carbocycles. The maximum atomic E-state index is 14.3. The Morgan fingerprint density at radius 2 is 2.06 bits per heavy atom. The van der Waals surface area contributed by atoms with Gasteiger partial charge < -0.3 is 25.0 Å². The highest BCUT2D eigenvalue weighted by Crippen LogP contribution is 2.38. The number of carbonyl (C=O) groups is 2. The average molecular weight is 495 g/mol. The summed E-state index contributed by atoms with van der Waals surface area (Å²) in [7, 11) is 0. The van der Waals surface area contributed by atoms with Gasteiger partial charge in [-0.25, -0.2) is 4.39 Å². The number of fused-ring (bicyclic) bond motifs is 1. The number of rotatable bonds is 7. The lowest BCUT2D eigenvalue weighted by molar-refractivity contribution is -0.134. The third-order valence-corrected chi connectivity index (χ3v) is 7.06. The first-order chi connectivity index (χ1) is 17.4. The molecule has 2 atom stereocenters. The fourth-order valence-electron chi connectivity index (χ4n) is 4.83. The van der Waals surface area contributed by atoms with Crippen LogP contribution in [0.5, 0.6) is 5.75 Å². The van der Waals surface area contributed by atoms with Gasteiger partial charge in [-0.15, -0.1) is 0 Å². The smallest absolute Gasteiger partial charge is 0.255 e. The van der Waals surface area contributed by atoms with Gasteiger partial charge in [0.05, 0.1) is 29.8 Å². The Kier molecular flexibility index (Phi) is 6.66. The predicted octanol–water partition coefficient (Wildman–Crippen LogP) is 3.57. The molecule has 0 bridgehead atoms. The SMILES string of the molecule is CCC(=O)N1CC[C@@H](NC(=O)c2c(C)[nH]c3c(-c4cc(F)ccc4OCC4CC4)ccnc23)[C@H](O)C1. The fraction of sp³-hybridized carbons (Fsp3) is 0.444. The van der Waals surface area contributed by atoms with Crippen molar-refractivity contribution < 1.29 is 23.8 Å². The topological polar surface area (TPSA) is 108 Å². The van der Waals surface area contributed by atoms with E-state index >= 15 is 0 Å². The first-order valence-corrected chi connectivity index (χ1v) is 12.5. The van der Waals surface area contributed by atoms with Crippen LogP contribution in [0.25, 0.3) is 22.2 Å². The van der Waals surface area contributed by atoms with Gasteiger partial charge in [-0.1, -0.05) is 6.92 Å². The summed E-state index contributed by atoms with van der Waals surface area (Å²) in [4.78, 5) is 34.7. The number of carbonyl (C=O) groups excluding carboxylic acids is 2. The Morgan fingerprint density at radius 3 is 2.78 bits per heavy atom. The van der Waals surface area contributed by atoms with Crippen LogP contribution in [0.15, 0.2) is 30.5 Å². The highest BCUT2D eigenvalue weighted by Gasteiger charge is 2.32. The summed E-state index contributed by atoms with van der Waals surface area (Å²) in [5.74, 6) is 0.390. The number of nitrogens with zero attached hydrogens (tertiary/aromatic N) is 2. The van der Waals surface area contributed by atoms with E-state index in [1.165, 1.54) is 12.1 Å². The second kappa shape index (κ2) is 9.89. The predicted molar refractivity (Wildman–Crippen MR) is 133 cm³/mol. The highest BCUT2D eigenvalue weighted by atomic mass is 19.1. The average Bonchev–Trinajstić information content (AvgIpc) is 3.63. The molecule has 0 radical (unpaired) electrons. The third kappa shape index (κ3) is 4.80. The van der Waals surface area contributed by atoms with Gasteiger partial charge in [0.2, 0.25) is 5.91 Å². The number of likely N-dealkylation sites (tertiary alicyclic amines) is 1. The molecule has 2 fully saturated rings. The van der Waals surface area contributed by atoms with Gasteiger partial charge in [0.15, 0.2) is 0 Å². The van der Waals surface area contributed by atoms with Crippen molar-refractivity contribution in [3.8, 4) is 16.9 Å². The van der Waals surface area contributed by atoms with Crippen molar-refractivity contribution in [3.63, 3.8) is 0 Å². The van der Waals surface area contributed by atoms with Crippen LogP contribution in [0.3, 0.4) is 0 Å². The van der Waals surface area contributed by atoms with Crippen molar-refractivity contribution in [2.75, 3.05) is 19.7 Å². The number of amides is 2. The molecule has 2 aliphatic rings. The number of pyridine rings is 1. The van der Waals surface area contributed by atoms with Crippen molar-refractivity contribution in [2.45, 2.75) is 51.7 Å². The summed E-state index contributed by atoms with van der Waals surface area (Å²) in [6.07, 6.45) is 3.88. The van der Waals surface area contributed by atoms with E-state index in [0.717, 1.165) is 12.8 Å². The molecule has 3 N–H and O–H groups in total. The van der Waals surface area contributed by atoms with Crippen LogP contribution < -0.4 is 10.1 Å². The number of aryl methyl sites for hydroxylation is 1. The monoisotopic (exact) mass is 494 g/mol. The molecule has 3 aromatic rings. The number of aliphatic hydroxyl groups is 1. The molecule has 0 spiro atoms. The molecule has 0 unspecified atom stereocenters. The third-order valence-electron chi connectivity index (χ3n) is 7.06. The number of H-pyrrole nitrogens is 1. The summed E-state index contributed by atoms with van der Waals surface area (Å²) >= 11 is 0. The molecule has 5 rings (SSSR count). The lowest BCUT2D eigenvalue weighted by Crippen LogP contribution is -2.55. The second-order valence-corrected chi connectivity index (χ2v) is 9.73. The van der Waals surface area contributed by atoms with Crippen molar-refractivity contribution >= 4 is 22.8 Å². The van der Waals surface area contributed by atoms with E-state index in [2.05, 4.69) is 15.3 Å². The van der Waals surface area contributed by atoms with E-state index in [-0.39, 0.29) is 24.2 Å². The Labute approximate surface area is 208 Å². The molecule has 2 amide bonds. The second-order valence-electron chi connectivity index (χ2n) is 9.73. The molecule has 3 heterocycles. The van der Waals surface area contributed by atoms with Gasteiger partial charge in [0.25, 0.3) is 5.91 Å². The standard InChI is InChI=1S/C27H31FN4O4/c1-3-23(34)32-11-9-20(21(33)13-32)31-27(35)24-15(2)30-25-18(8-10-29-26(24)25)19-12-17(28)6-7-22(19)36-14-16-4-5-16/h6-8,10,12,16,20-21,30,33H,3-5,9,11,13-14H2,1-2H3,(H,31,35)/t20-,21-/m1/s1. The zero-order valence-corrected chi connectivity index (χ0v) is 20.5. The zero-order valence-electron chi connectivity index (χ0n) is 20.5. The molecular formula is C27H31FN4O4. The van der Waals surface area contributed by atoms with E-state index in [1.807, 2.05) is 0 Å². The number of nitrogens with one attached hydrogen (secondary N) is 2. The van der Waals surface area contributed by atoms with Crippen molar-refractivity contribution in [3.05, 3.63) is 47.5 Å². The number of β-amino-alcohol motifs (C(OH)–C–C–N with tert-alkyl or cyclic N) is 1. The van der Waals surface area contributed by atoms with Gasteiger partial charge in [-0.3, -0.25) is 14.6 Å². The van der Waals surface area contributed by atoms with Crippen LogP contribution in [-0.4, -0.2) is 63.6 Å². The van der Waals surface area contributed by atoms with Crippen LogP contribution in [0.1, 0.15) is 48.7 Å². The summed E-state index contributed by atoms with van der Waals surface area (Å²) in [6, 6.07) is 5.77. The number of piperidine rings is 1. The van der Waals surface area contributed by atoms with E-state index in [0.29, 0.717) is 71.1 Å². The molecule has 1 aliphatic carbocycles. The minimum absolute atomic E-state index is 0.0131. The molecule has 9 heteroatoms. The first kappa shape index (κ1) is 24.2. The van der Waals surface area contributed by atoms with E-state index < -0.39 is 12.1 Å². The minimum Gasteiger partial charge on any atom is -0.493 e. The summed E-state index contributed by atoms with van der Waals surface area (Å²) < 4.78 is 20.3. The van der Waals surface area contributed by atoms with Gasteiger partial charge in [0.1, 0.15) is 17.1 Å². The lowest BCUT2D eigenvalue weighted by Gasteiger charge is -2.36. The Bertz CT molecular complexity index is 1300. The van der Waals surface area contributed by atoms with Crippen LogP contribution in [0, 0.1) is 18.7 Å². The van der Waals surface area contributed by atoms with Crippen LogP contribution >= 0.6 is 0 Å². The maximum Gasteiger partial charge on any atom is 0.255 e. The number of hydrogen-bond acceptors (Lipinski definition) is 5. The zero-order chi connectivity index (χ0) is 25.4. The van der Waals surface area contributed by atoms with E-state index in [9.17, 15) is 19.1 Å².